The monoisotopic (exact) mass is 340 g/mol. The molecule has 4 nitrogen and oxygen atoms in total. The number of halogens is 1. The molecule has 2 aromatic carbocycles. The molecule has 25 heavy (non-hydrogen) atoms. The third-order valence-electron chi connectivity index (χ3n) is 4.49. The number of benzene rings is 2. The van der Waals surface area contributed by atoms with Crippen molar-refractivity contribution in [2.45, 2.75) is 6.92 Å². The summed E-state index contributed by atoms with van der Waals surface area (Å²) >= 11 is 0. The van der Waals surface area contributed by atoms with Gasteiger partial charge in [-0.1, -0.05) is 17.7 Å². The Morgan fingerprint density at radius 1 is 0.880 bits per heavy atom. The van der Waals surface area contributed by atoms with Crippen LogP contribution in [0.4, 0.5) is 4.39 Å². The second-order valence-electron chi connectivity index (χ2n) is 6.36. The Morgan fingerprint density at radius 3 is 2.04 bits per heavy atom. The van der Waals surface area contributed by atoms with Crippen molar-refractivity contribution in [2.24, 2.45) is 0 Å². The number of hydrogen-bond acceptors (Lipinski definition) is 3. The third-order valence-corrected chi connectivity index (χ3v) is 4.49. The van der Waals surface area contributed by atoms with Crippen LogP contribution in [0.25, 0.3) is 0 Å². The average Bonchev–Trinajstić information content (AvgIpc) is 2.63. The smallest absolute Gasteiger partial charge is 0.253 e. The minimum Gasteiger partial charge on any atom is -0.336 e. The van der Waals surface area contributed by atoms with E-state index < -0.39 is 0 Å². The van der Waals surface area contributed by atoms with Crippen molar-refractivity contribution in [1.82, 2.24) is 9.80 Å². The van der Waals surface area contributed by atoms with E-state index in [0.29, 0.717) is 37.3 Å². The lowest BCUT2D eigenvalue weighted by Crippen LogP contribution is -2.49. The number of rotatable bonds is 4. The Balaban J connectivity index is 1.53. The molecular weight excluding hydrogens is 319 g/mol. The van der Waals surface area contributed by atoms with Crippen LogP contribution in [0.15, 0.2) is 48.5 Å². The van der Waals surface area contributed by atoms with Gasteiger partial charge in [0.25, 0.3) is 5.91 Å². The number of piperazine rings is 1. The van der Waals surface area contributed by atoms with Crippen molar-refractivity contribution in [3.05, 3.63) is 71.0 Å². The molecule has 0 atom stereocenters. The summed E-state index contributed by atoms with van der Waals surface area (Å²) in [4.78, 5) is 28.6. The molecule has 1 aliphatic heterocycles. The fraction of sp³-hybridized carbons (Fsp3) is 0.300. The minimum absolute atomic E-state index is 0.0293. The zero-order valence-corrected chi connectivity index (χ0v) is 14.2. The lowest BCUT2D eigenvalue weighted by atomic mass is 10.1. The topological polar surface area (TPSA) is 40.6 Å². The van der Waals surface area contributed by atoms with Crippen molar-refractivity contribution in [3.8, 4) is 0 Å². The van der Waals surface area contributed by atoms with Gasteiger partial charge in [-0.25, -0.2) is 4.39 Å². The van der Waals surface area contributed by atoms with Crippen LogP contribution < -0.4 is 0 Å². The largest absolute Gasteiger partial charge is 0.336 e. The molecule has 5 heteroatoms. The van der Waals surface area contributed by atoms with Crippen LogP contribution in [0.1, 0.15) is 26.3 Å². The van der Waals surface area contributed by atoms with Crippen molar-refractivity contribution in [2.75, 3.05) is 32.7 Å². The van der Waals surface area contributed by atoms with Gasteiger partial charge in [0.15, 0.2) is 5.78 Å². The summed E-state index contributed by atoms with van der Waals surface area (Å²) in [6.45, 7) is 4.80. The molecule has 0 aliphatic carbocycles. The predicted octanol–water partition coefficient (Wildman–Crippen LogP) is 2.77. The van der Waals surface area contributed by atoms with Crippen LogP contribution in [-0.2, 0) is 0 Å². The average molecular weight is 340 g/mol. The third kappa shape index (κ3) is 4.31. The Kier molecular flexibility index (Phi) is 5.24. The second kappa shape index (κ2) is 7.57. The maximum absolute atomic E-state index is 12.9. The Morgan fingerprint density at radius 2 is 1.44 bits per heavy atom. The molecule has 1 heterocycles. The Bertz CT molecular complexity index is 748. The first-order valence-electron chi connectivity index (χ1n) is 8.40. The molecule has 0 aromatic heterocycles. The van der Waals surface area contributed by atoms with Gasteiger partial charge in [-0.15, -0.1) is 0 Å². The number of hydrogen-bond donors (Lipinski definition) is 0. The van der Waals surface area contributed by atoms with Gasteiger partial charge in [-0.3, -0.25) is 14.5 Å². The van der Waals surface area contributed by atoms with Gasteiger partial charge in [0.05, 0.1) is 6.54 Å². The number of aryl methyl sites for hydroxylation is 1. The lowest BCUT2D eigenvalue weighted by Gasteiger charge is -2.34. The Labute approximate surface area is 146 Å². The highest BCUT2D eigenvalue weighted by molar-refractivity contribution is 5.97. The van der Waals surface area contributed by atoms with Crippen molar-refractivity contribution < 1.29 is 14.0 Å². The van der Waals surface area contributed by atoms with Gasteiger partial charge < -0.3 is 4.90 Å². The van der Waals surface area contributed by atoms with E-state index in [4.69, 9.17) is 0 Å². The van der Waals surface area contributed by atoms with Crippen LogP contribution in [0.3, 0.4) is 0 Å². The predicted molar refractivity (Wildman–Crippen MR) is 94.3 cm³/mol. The molecule has 0 spiro atoms. The number of ketones is 1. The van der Waals surface area contributed by atoms with Gasteiger partial charge in [0, 0.05) is 37.3 Å². The highest BCUT2D eigenvalue weighted by Gasteiger charge is 2.23. The molecular formula is C20H21FN2O2. The quantitative estimate of drug-likeness (QED) is 0.804. The summed E-state index contributed by atoms with van der Waals surface area (Å²) < 4.78 is 12.9. The molecule has 0 bridgehead atoms. The van der Waals surface area contributed by atoms with Crippen molar-refractivity contribution in [3.63, 3.8) is 0 Å². The van der Waals surface area contributed by atoms with Crippen LogP contribution in [0, 0.1) is 12.7 Å². The molecule has 1 saturated heterocycles. The summed E-state index contributed by atoms with van der Waals surface area (Å²) in [6.07, 6.45) is 0. The molecule has 0 N–H and O–H groups in total. The van der Waals surface area contributed by atoms with E-state index in [0.717, 1.165) is 5.56 Å². The van der Waals surface area contributed by atoms with E-state index in [1.54, 1.807) is 0 Å². The maximum Gasteiger partial charge on any atom is 0.253 e. The number of carbonyl (C=O) groups is 2. The fourth-order valence-electron chi connectivity index (χ4n) is 2.92. The molecule has 130 valence electrons. The first-order chi connectivity index (χ1) is 12.0. The summed E-state index contributed by atoms with van der Waals surface area (Å²) in [7, 11) is 0. The normalized spacial score (nSPS) is 15.2. The van der Waals surface area contributed by atoms with Crippen LogP contribution in [-0.4, -0.2) is 54.2 Å². The lowest BCUT2D eigenvalue weighted by molar-refractivity contribution is 0.0624. The SMILES string of the molecule is Cc1ccc(C(=O)N2CCN(CC(=O)c3ccc(F)cc3)CC2)cc1. The van der Waals surface area contributed by atoms with E-state index in [9.17, 15) is 14.0 Å². The molecule has 0 saturated carbocycles. The zero-order chi connectivity index (χ0) is 17.8. The van der Waals surface area contributed by atoms with E-state index >= 15 is 0 Å². The van der Waals surface area contributed by atoms with Crippen LogP contribution in [0.5, 0.6) is 0 Å². The standard InChI is InChI=1S/C20H21FN2O2/c1-15-2-4-17(5-3-15)20(25)23-12-10-22(11-13-23)14-19(24)16-6-8-18(21)9-7-16/h2-9H,10-14H2,1H3. The molecule has 3 rings (SSSR count). The number of Topliss-reactive ketones (excluding diaryl/α,β-unsaturated/α-hetero) is 1. The van der Waals surface area contributed by atoms with Crippen LogP contribution >= 0.6 is 0 Å². The van der Waals surface area contributed by atoms with E-state index in [2.05, 4.69) is 0 Å². The summed E-state index contributed by atoms with van der Waals surface area (Å²) in [6, 6.07) is 13.2. The number of carbonyl (C=O) groups excluding carboxylic acids is 2. The second-order valence-corrected chi connectivity index (χ2v) is 6.36. The first kappa shape index (κ1) is 17.3. The van der Waals surface area contributed by atoms with Crippen molar-refractivity contribution in [1.29, 1.82) is 0 Å². The summed E-state index contributed by atoms with van der Waals surface area (Å²) in [5, 5.41) is 0. The molecule has 1 amide bonds. The molecule has 2 aromatic rings. The molecule has 0 unspecified atom stereocenters. The van der Waals surface area contributed by atoms with E-state index in [1.165, 1.54) is 24.3 Å². The first-order valence-corrected chi connectivity index (χ1v) is 8.40. The van der Waals surface area contributed by atoms with Gasteiger partial charge in [0.2, 0.25) is 0 Å². The highest BCUT2D eigenvalue weighted by Crippen LogP contribution is 2.11. The Hall–Kier alpha value is -2.53. The molecule has 0 radical (unpaired) electrons. The van der Waals surface area contributed by atoms with Gasteiger partial charge in [0.1, 0.15) is 5.82 Å². The maximum atomic E-state index is 12.9. The molecule has 1 aliphatic rings. The highest BCUT2D eigenvalue weighted by atomic mass is 19.1. The van der Waals surface area contributed by atoms with Gasteiger partial charge in [-0.05, 0) is 43.3 Å². The number of nitrogens with zero attached hydrogens (tertiary/aromatic N) is 2. The fourth-order valence-corrected chi connectivity index (χ4v) is 2.92. The van der Waals surface area contributed by atoms with E-state index in [-0.39, 0.29) is 24.1 Å². The summed E-state index contributed by atoms with van der Waals surface area (Å²) in [5.41, 5.74) is 2.33. The van der Waals surface area contributed by atoms with Crippen molar-refractivity contribution >= 4 is 11.7 Å². The van der Waals surface area contributed by atoms with Crippen LogP contribution in [0.2, 0.25) is 0 Å². The summed E-state index contributed by atoms with van der Waals surface area (Å²) in [5.74, 6) is -0.345. The number of amides is 1. The van der Waals surface area contributed by atoms with E-state index in [1.807, 2.05) is 41.0 Å². The van der Waals surface area contributed by atoms with Gasteiger partial charge in [-0.2, -0.15) is 0 Å². The zero-order valence-electron chi connectivity index (χ0n) is 14.2. The molecule has 1 fully saturated rings. The van der Waals surface area contributed by atoms with Gasteiger partial charge >= 0.3 is 0 Å². The minimum atomic E-state index is -0.347.